The molecule has 0 bridgehead atoms. The Morgan fingerprint density at radius 3 is 2.00 bits per heavy atom. The Hall–Kier alpha value is -1.31. The highest BCUT2D eigenvalue weighted by atomic mass is 16.4. The number of carboxylic acid groups (broad SMARTS) is 1. The predicted molar refractivity (Wildman–Crippen MR) is 63.1 cm³/mol. The van der Waals surface area contributed by atoms with Crippen molar-refractivity contribution < 1.29 is 9.90 Å². The minimum Gasteiger partial charge on any atom is -0.481 e. The molecule has 0 fully saturated rings. The van der Waals surface area contributed by atoms with Gasteiger partial charge in [0, 0.05) is 6.92 Å². The van der Waals surface area contributed by atoms with E-state index in [4.69, 9.17) is 9.90 Å². The molecule has 0 aliphatic heterocycles. The Morgan fingerprint density at radius 2 is 1.67 bits per heavy atom. The summed E-state index contributed by atoms with van der Waals surface area (Å²) in [5.74, 6) is -0.833. The van der Waals surface area contributed by atoms with Crippen LogP contribution in [0, 0.1) is 0 Å². The Morgan fingerprint density at radius 1 is 1.27 bits per heavy atom. The maximum Gasteiger partial charge on any atom is 0.300 e. The summed E-state index contributed by atoms with van der Waals surface area (Å²) in [6.07, 6.45) is 1.19. The molecule has 0 spiro atoms. The van der Waals surface area contributed by atoms with Crippen molar-refractivity contribution in [3.8, 4) is 0 Å². The molecule has 2 heteroatoms. The monoisotopic (exact) mass is 208 g/mol. The van der Waals surface area contributed by atoms with E-state index in [0.717, 1.165) is 6.92 Å². The quantitative estimate of drug-likeness (QED) is 0.808. The molecule has 84 valence electrons. The van der Waals surface area contributed by atoms with Crippen LogP contribution >= 0.6 is 0 Å². The fraction of sp³-hybridized carbons (Fsp3) is 0.462. The highest BCUT2D eigenvalue weighted by Crippen LogP contribution is 2.25. The summed E-state index contributed by atoms with van der Waals surface area (Å²) >= 11 is 0. The van der Waals surface area contributed by atoms with E-state index in [1.807, 2.05) is 0 Å². The van der Waals surface area contributed by atoms with Crippen molar-refractivity contribution in [2.45, 2.75) is 39.5 Å². The van der Waals surface area contributed by atoms with E-state index in [2.05, 4.69) is 51.1 Å². The Balaban J connectivity index is 0.000000423. The lowest BCUT2D eigenvalue weighted by Gasteiger charge is -2.22. The summed E-state index contributed by atoms with van der Waals surface area (Å²) in [7, 11) is 0. The third-order valence-electron chi connectivity index (χ3n) is 2.44. The van der Waals surface area contributed by atoms with Crippen molar-refractivity contribution in [3.05, 3.63) is 35.9 Å². The fourth-order valence-electron chi connectivity index (χ4n) is 1.09. The first-order chi connectivity index (χ1) is 6.90. The van der Waals surface area contributed by atoms with E-state index in [0.29, 0.717) is 5.41 Å². The molecule has 1 rings (SSSR count). The second-order valence-corrected chi connectivity index (χ2v) is 4.12. The third kappa shape index (κ3) is 5.89. The van der Waals surface area contributed by atoms with Crippen LogP contribution in [0.15, 0.2) is 30.3 Å². The zero-order valence-electron chi connectivity index (χ0n) is 9.95. The minimum atomic E-state index is -0.833. The number of hydrogen-bond acceptors (Lipinski definition) is 1. The molecule has 0 heterocycles. The van der Waals surface area contributed by atoms with Gasteiger partial charge < -0.3 is 5.11 Å². The predicted octanol–water partition coefficient (Wildman–Crippen LogP) is 3.47. The molecule has 0 aliphatic carbocycles. The van der Waals surface area contributed by atoms with Gasteiger partial charge in [0.1, 0.15) is 0 Å². The molecule has 0 aromatic heterocycles. The van der Waals surface area contributed by atoms with E-state index < -0.39 is 5.97 Å². The molecule has 0 aliphatic rings. The lowest BCUT2D eigenvalue weighted by molar-refractivity contribution is -0.134. The van der Waals surface area contributed by atoms with Crippen LogP contribution in [0.5, 0.6) is 0 Å². The summed E-state index contributed by atoms with van der Waals surface area (Å²) < 4.78 is 0. The first-order valence-corrected chi connectivity index (χ1v) is 5.15. The van der Waals surface area contributed by atoms with Gasteiger partial charge in [-0.3, -0.25) is 4.79 Å². The zero-order chi connectivity index (χ0) is 11.9. The molecule has 15 heavy (non-hydrogen) atoms. The number of rotatable bonds is 2. The van der Waals surface area contributed by atoms with E-state index in [-0.39, 0.29) is 0 Å². The number of hydrogen-bond donors (Lipinski definition) is 1. The van der Waals surface area contributed by atoms with Gasteiger partial charge in [0.25, 0.3) is 5.97 Å². The van der Waals surface area contributed by atoms with Crippen molar-refractivity contribution in [1.29, 1.82) is 0 Å². The van der Waals surface area contributed by atoms with E-state index in [1.165, 1.54) is 12.0 Å². The number of carbonyl (C=O) groups is 1. The molecule has 0 unspecified atom stereocenters. The zero-order valence-corrected chi connectivity index (χ0v) is 9.95. The first kappa shape index (κ1) is 13.7. The molecule has 0 atom stereocenters. The summed E-state index contributed by atoms with van der Waals surface area (Å²) in [5.41, 5.74) is 1.77. The van der Waals surface area contributed by atoms with Gasteiger partial charge in [-0.2, -0.15) is 0 Å². The van der Waals surface area contributed by atoms with E-state index >= 15 is 0 Å². The average Bonchev–Trinajstić information content (AvgIpc) is 2.18. The van der Waals surface area contributed by atoms with Crippen LogP contribution in [0.2, 0.25) is 0 Å². The Bertz CT molecular complexity index is 285. The van der Waals surface area contributed by atoms with Crippen molar-refractivity contribution in [1.82, 2.24) is 0 Å². The Kier molecular flexibility index (Phi) is 5.68. The average molecular weight is 208 g/mol. The number of benzene rings is 1. The second kappa shape index (κ2) is 6.23. The van der Waals surface area contributed by atoms with Crippen molar-refractivity contribution >= 4 is 5.97 Å². The largest absolute Gasteiger partial charge is 0.481 e. The van der Waals surface area contributed by atoms with Crippen LogP contribution in [0.1, 0.15) is 39.7 Å². The summed E-state index contributed by atoms with van der Waals surface area (Å²) in [5, 5.41) is 7.42. The third-order valence-corrected chi connectivity index (χ3v) is 2.44. The van der Waals surface area contributed by atoms with Gasteiger partial charge in [0.2, 0.25) is 0 Å². The molecule has 1 aromatic rings. The summed E-state index contributed by atoms with van der Waals surface area (Å²) in [6.45, 7) is 7.87. The van der Waals surface area contributed by atoms with Crippen molar-refractivity contribution in [2.24, 2.45) is 0 Å². The highest BCUT2D eigenvalue weighted by Gasteiger charge is 2.16. The van der Waals surface area contributed by atoms with Gasteiger partial charge >= 0.3 is 0 Å². The van der Waals surface area contributed by atoms with Gasteiger partial charge in [-0.05, 0) is 17.4 Å². The number of carboxylic acids is 1. The van der Waals surface area contributed by atoms with Crippen molar-refractivity contribution in [2.75, 3.05) is 0 Å². The summed E-state index contributed by atoms with van der Waals surface area (Å²) in [6, 6.07) is 10.7. The van der Waals surface area contributed by atoms with Gasteiger partial charge in [0.05, 0.1) is 0 Å². The van der Waals surface area contributed by atoms with Gasteiger partial charge in [0.15, 0.2) is 0 Å². The highest BCUT2D eigenvalue weighted by molar-refractivity contribution is 5.62. The SMILES string of the molecule is CC(=O)O.CCC(C)(C)c1ccccc1. The molecule has 1 aromatic carbocycles. The molecule has 0 radical (unpaired) electrons. The molecular weight excluding hydrogens is 188 g/mol. The standard InChI is InChI=1S/C11H16.C2H4O2/c1-4-11(2,3)10-8-6-5-7-9-10;1-2(3)4/h5-9H,4H2,1-3H3;1H3,(H,3,4). The summed E-state index contributed by atoms with van der Waals surface area (Å²) in [4.78, 5) is 9.00. The lowest BCUT2D eigenvalue weighted by atomic mass is 9.82. The van der Waals surface area contributed by atoms with Crippen LogP contribution in [-0.4, -0.2) is 11.1 Å². The van der Waals surface area contributed by atoms with Gasteiger partial charge in [-0.1, -0.05) is 51.1 Å². The van der Waals surface area contributed by atoms with E-state index in [9.17, 15) is 0 Å². The maximum absolute atomic E-state index is 9.00. The topological polar surface area (TPSA) is 37.3 Å². The van der Waals surface area contributed by atoms with Crippen LogP contribution in [0.3, 0.4) is 0 Å². The molecule has 0 saturated carbocycles. The first-order valence-electron chi connectivity index (χ1n) is 5.15. The van der Waals surface area contributed by atoms with Gasteiger partial charge in [-0.15, -0.1) is 0 Å². The number of aliphatic carboxylic acids is 1. The Labute approximate surface area is 91.9 Å². The van der Waals surface area contributed by atoms with Crippen molar-refractivity contribution in [3.63, 3.8) is 0 Å². The lowest BCUT2D eigenvalue weighted by Crippen LogP contribution is -2.14. The van der Waals surface area contributed by atoms with Gasteiger partial charge in [-0.25, -0.2) is 0 Å². The second-order valence-electron chi connectivity index (χ2n) is 4.12. The minimum absolute atomic E-state index is 0.335. The molecule has 0 saturated heterocycles. The fourth-order valence-corrected chi connectivity index (χ4v) is 1.09. The van der Waals surface area contributed by atoms with E-state index in [1.54, 1.807) is 0 Å². The normalized spacial score (nSPS) is 10.1. The molecular formula is C13H20O2. The molecule has 2 nitrogen and oxygen atoms in total. The molecule has 0 amide bonds. The van der Waals surface area contributed by atoms with Crippen LogP contribution in [0.4, 0.5) is 0 Å². The van der Waals surface area contributed by atoms with Crippen LogP contribution in [-0.2, 0) is 10.2 Å². The van der Waals surface area contributed by atoms with Crippen LogP contribution in [0.25, 0.3) is 0 Å². The smallest absolute Gasteiger partial charge is 0.300 e. The van der Waals surface area contributed by atoms with Crippen LogP contribution < -0.4 is 0 Å². The maximum atomic E-state index is 9.00. The molecule has 1 N–H and O–H groups in total.